The summed E-state index contributed by atoms with van der Waals surface area (Å²) in [4.78, 5) is 29.9. The van der Waals surface area contributed by atoms with Crippen LogP contribution in [0.2, 0.25) is 0 Å². The van der Waals surface area contributed by atoms with Crippen molar-refractivity contribution in [1.29, 1.82) is 0 Å². The molecular weight excluding hydrogens is 555 g/mol. The fourth-order valence-electron chi connectivity index (χ4n) is 5.43. The Morgan fingerprint density at radius 2 is 1.74 bits per heavy atom. The maximum absolute atomic E-state index is 14.1. The number of alkyl halides is 3. The molecule has 1 atom stereocenters. The lowest BCUT2D eigenvalue weighted by molar-refractivity contribution is -0.142. The molecule has 1 amide bonds. The van der Waals surface area contributed by atoms with Crippen LogP contribution < -0.4 is 5.32 Å². The first kappa shape index (κ1) is 29.1. The molecular formula is C31H27F5N4O2. The maximum Gasteiger partial charge on any atom is 0.435 e. The zero-order valence-electron chi connectivity index (χ0n) is 22.6. The van der Waals surface area contributed by atoms with Gasteiger partial charge in [0.1, 0.15) is 18.2 Å². The van der Waals surface area contributed by atoms with Crippen molar-refractivity contribution in [3.63, 3.8) is 0 Å². The van der Waals surface area contributed by atoms with Crippen LogP contribution in [0.4, 0.5) is 22.0 Å². The molecule has 5 rings (SSSR count). The van der Waals surface area contributed by atoms with E-state index in [0.717, 1.165) is 22.9 Å². The number of fused-ring (bicyclic) bond motifs is 1. The molecule has 11 heteroatoms. The van der Waals surface area contributed by atoms with Crippen LogP contribution in [0.25, 0.3) is 11.1 Å². The topological polar surface area (TPSA) is 76.9 Å². The first-order valence-corrected chi connectivity index (χ1v) is 13.5. The van der Waals surface area contributed by atoms with Gasteiger partial charge < -0.3 is 5.32 Å². The van der Waals surface area contributed by atoms with Crippen LogP contribution in [0, 0.1) is 11.6 Å². The number of pyridine rings is 1. The minimum absolute atomic E-state index is 0.0676. The quantitative estimate of drug-likeness (QED) is 0.192. The third-order valence-electron chi connectivity index (χ3n) is 7.26. The van der Waals surface area contributed by atoms with Crippen molar-refractivity contribution in [2.24, 2.45) is 0 Å². The van der Waals surface area contributed by atoms with Crippen molar-refractivity contribution in [2.75, 3.05) is 0 Å². The van der Waals surface area contributed by atoms with Crippen LogP contribution in [-0.2, 0) is 36.8 Å². The molecule has 1 aliphatic carbocycles. The molecule has 1 N–H and O–H groups in total. The highest BCUT2D eigenvalue weighted by molar-refractivity contribution is 5.95. The standard InChI is InChI=1S/C31H27F5N4O2/c1-18(41)20-6-4-7-21(15-20)24-9-5-11-37-29(24)26(14-19-12-22(32)16-23(33)13-19)38-28(42)17-40-27-10-3-2-8-25(27)30(39-40)31(34,35)36/h4-7,9,11-13,15-16,26H,2-3,8,10,14,17H2,1H3,(H,38,42). The minimum Gasteiger partial charge on any atom is -0.346 e. The highest BCUT2D eigenvalue weighted by Gasteiger charge is 2.39. The number of hydrogen-bond donors (Lipinski definition) is 1. The summed E-state index contributed by atoms with van der Waals surface area (Å²) in [6, 6.07) is 12.3. The minimum atomic E-state index is -4.65. The molecule has 0 fully saturated rings. The van der Waals surface area contributed by atoms with E-state index in [1.165, 1.54) is 13.1 Å². The summed E-state index contributed by atoms with van der Waals surface area (Å²) in [5, 5.41) is 6.58. The van der Waals surface area contributed by atoms with E-state index in [1.807, 2.05) is 0 Å². The predicted molar refractivity (Wildman–Crippen MR) is 144 cm³/mol. The second-order valence-electron chi connectivity index (χ2n) is 10.3. The number of nitrogens with zero attached hydrogens (tertiary/aromatic N) is 3. The normalized spacial score (nSPS) is 13.9. The van der Waals surface area contributed by atoms with Crippen molar-refractivity contribution >= 4 is 11.7 Å². The summed E-state index contributed by atoms with van der Waals surface area (Å²) in [6.07, 6.45) is -1.33. The van der Waals surface area contributed by atoms with Gasteiger partial charge >= 0.3 is 6.18 Å². The van der Waals surface area contributed by atoms with Gasteiger partial charge in [0.05, 0.1) is 11.7 Å². The number of nitrogens with one attached hydrogen (secondary N) is 1. The first-order valence-electron chi connectivity index (χ1n) is 13.5. The molecule has 1 unspecified atom stereocenters. The summed E-state index contributed by atoms with van der Waals surface area (Å²) in [5.41, 5.74) is 1.77. The number of benzene rings is 2. The molecule has 6 nitrogen and oxygen atoms in total. The Bertz CT molecular complexity index is 1630. The van der Waals surface area contributed by atoms with Crippen molar-refractivity contribution < 1.29 is 31.5 Å². The number of Topliss-reactive ketones (excluding diaryl/α,β-unsaturated/α-hetero) is 1. The average molecular weight is 583 g/mol. The molecule has 2 aromatic carbocycles. The molecule has 2 heterocycles. The summed E-state index contributed by atoms with van der Waals surface area (Å²) < 4.78 is 70.3. The number of carbonyl (C=O) groups is 2. The Kier molecular flexibility index (Phi) is 8.20. The van der Waals surface area contributed by atoms with Gasteiger partial charge in [0.25, 0.3) is 0 Å². The lowest BCUT2D eigenvalue weighted by atomic mass is 9.94. The van der Waals surface area contributed by atoms with Gasteiger partial charge in [-0.25, -0.2) is 8.78 Å². The zero-order valence-corrected chi connectivity index (χ0v) is 22.6. The van der Waals surface area contributed by atoms with Gasteiger partial charge in [0.15, 0.2) is 11.5 Å². The molecule has 1 aliphatic rings. The van der Waals surface area contributed by atoms with Gasteiger partial charge in [0, 0.05) is 34.6 Å². The molecule has 0 bridgehead atoms. The molecule has 0 saturated carbocycles. The molecule has 0 spiro atoms. The van der Waals surface area contributed by atoms with Crippen LogP contribution in [0.1, 0.15) is 64.4 Å². The van der Waals surface area contributed by atoms with E-state index in [1.54, 1.807) is 36.4 Å². The number of ketones is 1. The van der Waals surface area contributed by atoms with E-state index in [0.29, 0.717) is 47.3 Å². The van der Waals surface area contributed by atoms with E-state index in [4.69, 9.17) is 0 Å². The largest absolute Gasteiger partial charge is 0.435 e. The molecule has 2 aromatic heterocycles. The van der Waals surface area contributed by atoms with Crippen molar-refractivity contribution in [1.82, 2.24) is 20.1 Å². The molecule has 42 heavy (non-hydrogen) atoms. The highest BCUT2D eigenvalue weighted by Crippen LogP contribution is 2.36. The van der Waals surface area contributed by atoms with E-state index in [9.17, 15) is 31.5 Å². The summed E-state index contributed by atoms with van der Waals surface area (Å²) in [7, 11) is 0. The Balaban J connectivity index is 1.51. The highest BCUT2D eigenvalue weighted by atomic mass is 19.4. The van der Waals surface area contributed by atoms with Crippen molar-refractivity contribution in [2.45, 2.75) is 57.8 Å². The van der Waals surface area contributed by atoms with E-state index in [2.05, 4.69) is 15.4 Å². The number of carbonyl (C=O) groups excluding carboxylic acids is 2. The van der Waals surface area contributed by atoms with Gasteiger partial charge in [-0.3, -0.25) is 19.3 Å². The summed E-state index contributed by atoms with van der Waals surface area (Å²) >= 11 is 0. The van der Waals surface area contributed by atoms with Crippen molar-refractivity contribution in [3.8, 4) is 11.1 Å². The van der Waals surface area contributed by atoms with Crippen LogP contribution in [0.15, 0.2) is 60.8 Å². The Hall–Kier alpha value is -4.41. The number of aromatic nitrogens is 3. The second kappa shape index (κ2) is 11.8. The number of rotatable bonds is 8. The third-order valence-corrected chi connectivity index (χ3v) is 7.26. The lowest BCUT2D eigenvalue weighted by Gasteiger charge is -2.22. The monoisotopic (exact) mass is 582 g/mol. The maximum atomic E-state index is 14.1. The van der Waals surface area contributed by atoms with Gasteiger partial charge in [-0.2, -0.15) is 18.3 Å². The fourth-order valence-corrected chi connectivity index (χ4v) is 5.43. The second-order valence-corrected chi connectivity index (χ2v) is 10.3. The van der Waals surface area contributed by atoms with Gasteiger partial charge in [-0.1, -0.05) is 24.3 Å². The van der Waals surface area contributed by atoms with E-state index < -0.39 is 42.0 Å². The number of amides is 1. The summed E-state index contributed by atoms with van der Waals surface area (Å²) in [6.45, 7) is 0.956. The van der Waals surface area contributed by atoms with Gasteiger partial charge in [0.2, 0.25) is 5.91 Å². The summed E-state index contributed by atoms with van der Waals surface area (Å²) in [5.74, 6) is -2.39. The Morgan fingerprint density at radius 1 is 1.00 bits per heavy atom. The lowest BCUT2D eigenvalue weighted by Crippen LogP contribution is -2.34. The van der Waals surface area contributed by atoms with Crippen LogP contribution in [0.5, 0.6) is 0 Å². The Labute approximate surface area is 238 Å². The molecule has 4 aromatic rings. The Morgan fingerprint density at radius 3 is 2.45 bits per heavy atom. The fraction of sp³-hybridized carbons (Fsp3) is 0.290. The number of halogens is 5. The average Bonchev–Trinajstić information content (AvgIpc) is 3.31. The van der Waals surface area contributed by atoms with Crippen molar-refractivity contribution in [3.05, 3.63) is 106 Å². The van der Waals surface area contributed by atoms with Crippen LogP contribution >= 0.6 is 0 Å². The first-order chi connectivity index (χ1) is 20.0. The third kappa shape index (κ3) is 6.40. The van der Waals surface area contributed by atoms with Crippen LogP contribution in [0.3, 0.4) is 0 Å². The smallest absolute Gasteiger partial charge is 0.346 e. The molecule has 0 saturated heterocycles. The predicted octanol–water partition coefficient (Wildman–Crippen LogP) is 6.42. The van der Waals surface area contributed by atoms with Crippen LogP contribution in [-0.4, -0.2) is 26.5 Å². The van der Waals surface area contributed by atoms with E-state index in [-0.39, 0.29) is 29.8 Å². The van der Waals surface area contributed by atoms with Gasteiger partial charge in [-0.05, 0) is 74.4 Å². The van der Waals surface area contributed by atoms with Gasteiger partial charge in [-0.15, -0.1) is 0 Å². The SMILES string of the molecule is CC(=O)c1cccc(-c2cccnc2C(Cc2cc(F)cc(F)c2)NC(=O)Cn2nc(C(F)(F)F)c3c2CCCC3)c1. The number of hydrogen-bond acceptors (Lipinski definition) is 4. The molecule has 0 aliphatic heterocycles. The zero-order chi connectivity index (χ0) is 30.0. The molecule has 218 valence electrons. The molecule has 0 radical (unpaired) electrons. The van der Waals surface area contributed by atoms with E-state index >= 15 is 0 Å².